The molecule has 2 aromatic carbocycles. The highest BCUT2D eigenvalue weighted by atomic mass is 32.1. The molecular weight excluding hydrogens is 312 g/mol. The number of thiol groups is 1. The fourth-order valence-corrected chi connectivity index (χ4v) is 4.05. The number of benzene rings is 2. The number of rotatable bonds is 10. The van der Waals surface area contributed by atoms with Crippen LogP contribution in [-0.2, 0) is 6.42 Å². The van der Waals surface area contributed by atoms with Crippen molar-refractivity contribution in [1.29, 1.82) is 0 Å². The van der Waals surface area contributed by atoms with E-state index in [0.29, 0.717) is 0 Å². The molecule has 0 radical (unpaired) electrons. The third-order valence-corrected chi connectivity index (χ3v) is 5.44. The molecule has 24 heavy (non-hydrogen) atoms. The van der Waals surface area contributed by atoms with Crippen molar-refractivity contribution in [1.82, 2.24) is 0 Å². The highest BCUT2D eigenvalue weighted by Gasteiger charge is 2.14. The molecule has 132 valence electrons. The molecule has 0 aromatic heterocycles. The van der Waals surface area contributed by atoms with Crippen molar-refractivity contribution >= 4 is 23.4 Å². The molecule has 0 atom stereocenters. The zero-order valence-corrected chi connectivity index (χ0v) is 16.4. The standard InChI is InChI=1S/C22H32OS/c1-4-5-6-7-8-9-10-11-14-18-17(2)21(23-3)22(24)20-16-13-12-15-19(18)20/h12-13,15-16,24H,4-11,14H2,1-3H3. The lowest BCUT2D eigenvalue weighted by atomic mass is 9.94. The van der Waals surface area contributed by atoms with Gasteiger partial charge in [0.15, 0.2) is 0 Å². The van der Waals surface area contributed by atoms with Crippen LogP contribution >= 0.6 is 12.6 Å². The van der Waals surface area contributed by atoms with Gasteiger partial charge in [0.25, 0.3) is 0 Å². The van der Waals surface area contributed by atoms with Crippen LogP contribution in [0.4, 0.5) is 0 Å². The Hall–Kier alpha value is -1.15. The predicted molar refractivity (Wildman–Crippen MR) is 109 cm³/mol. The molecule has 2 heteroatoms. The van der Waals surface area contributed by atoms with Crippen LogP contribution in [0.15, 0.2) is 29.2 Å². The van der Waals surface area contributed by atoms with E-state index < -0.39 is 0 Å². The van der Waals surface area contributed by atoms with Crippen LogP contribution in [0, 0.1) is 6.92 Å². The molecule has 0 saturated heterocycles. The minimum Gasteiger partial charge on any atom is -0.495 e. The second-order valence-corrected chi connectivity index (χ2v) is 7.20. The Morgan fingerprint density at radius 3 is 2.08 bits per heavy atom. The first-order chi connectivity index (χ1) is 11.7. The SMILES string of the molecule is CCCCCCCCCCc1c(C)c(OC)c(S)c2ccccc12. The zero-order valence-electron chi connectivity index (χ0n) is 15.5. The van der Waals surface area contributed by atoms with Crippen LogP contribution in [0.1, 0.15) is 69.4 Å². The molecule has 0 saturated carbocycles. The van der Waals surface area contributed by atoms with Crippen LogP contribution < -0.4 is 4.74 Å². The zero-order chi connectivity index (χ0) is 17.4. The predicted octanol–water partition coefficient (Wildman–Crippen LogP) is 7.13. The van der Waals surface area contributed by atoms with Crippen LogP contribution in [0.5, 0.6) is 5.75 Å². The molecule has 0 bridgehead atoms. The topological polar surface area (TPSA) is 9.23 Å². The first-order valence-corrected chi connectivity index (χ1v) is 9.92. The fraction of sp³-hybridized carbons (Fsp3) is 0.545. The van der Waals surface area contributed by atoms with E-state index in [2.05, 4.69) is 38.1 Å². The summed E-state index contributed by atoms with van der Waals surface area (Å²) in [6.45, 7) is 4.45. The Labute approximate surface area is 153 Å². The van der Waals surface area contributed by atoms with Gasteiger partial charge >= 0.3 is 0 Å². The van der Waals surface area contributed by atoms with Gasteiger partial charge in [0.1, 0.15) is 5.75 Å². The average Bonchev–Trinajstić information content (AvgIpc) is 2.60. The first kappa shape index (κ1) is 19.2. The molecule has 0 spiro atoms. The van der Waals surface area contributed by atoms with Gasteiger partial charge in [-0.15, -0.1) is 12.6 Å². The van der Waals surface area contributed by atoms with E-state index in [1.54, 1.807) is 7.11 Å². The summed E-state index contributed by atoms with van der Waals surface area (Å²) in [5, 5.41) is 2.54. The summed E-state index contributed by atoms with van der Waals surface area (Å²) >= 11 is 4.70. The van der Waals surface area contributed by atoms with Crippen LogP contribution in [0.3, 0.4) is 0 Å². The number of aryl methyl sites for hydroxylation is 1. The van der Waals surface area contributed by atoms with E-state index >= 15 is 0 Å². The summed E-state index contributed by atoms with van der Waals surface area (Å²) in [7, 11) is 1.75. The Kier molecular flexibility index (Phi) is 7.98. The van der Waals surface area contributed by atoms with Gasteiger partial charge in [0.2, 0.25) is 0 Å². The normalized spacial score (nSPS) is 11.2. The maximum absolute atomic E-state index is 5.63. The fourth-order valence-electron chi connectivity index (χ4n) is 3.60. The third-order valence-electron chi connectivity index (χ3n) is 5.00. The van der Waals surface area contributed by atoms with E-state index in [0.717, 1.165) is 17.1 Å². The maximum atomic E-state index is 5.63. The average molecular weight is 345 g/mol. The molecule has 0 N–H and O–H groups in total. The molecule has 2 aromatic rings. The van der Waals surface area contributed by atoms with Crippen LogP contribution in [0.2, 0.25) is 0 Å². The highest BCUT2D eigenvalue weighted by molar-refractivity contribution is 7.80. The number of fused-ring (bicyclic) bond motifs is 1. The molecule has 2 rings (SSSR count). The van der Waals surface area contributed by atoms with Gasteiger partial charge in [-0.25, -0.2) is 0 Å². The minimum atomic E-state index is 0.937. The summed E-state index contributed by atoms with van der Waals surface area (Å²) in [4.78, 5) is 0.963. The smallest absolute Gasteiger partial charge is 0.135 e. The number of methoxy groups -OCH3 is 1. The lowest BCUT2D eigenvalue weighted by molar-refractivity contribution is 0.402. The Morgan fingerprint density at radius 2 is 1.46 bits per heavy atom. The molecule has 0 amide bonds. The molecule has 0 fully saturated rings. The van der Waals surface area contributed by atoms with Crippen molar-refractivity contribution in [3.8, 4) is 5.75 Å². The quantitative estimate of drug-likeness (QED) is 0.356. The monoisotopic (exact) mass is 344 g/mol. The van der Waals surface area contributed by atoms with Gasteiger partial charge < -0.3 is 4.74 Å². The molecule has 0 aliphatic carbocycles. The number of ether oxygens (including phenoxy) is 1. The van der Waals surface area contributed by atoms with Crippen LogP contribution in [-0.4, -0.2) is 7.11 Å². The van der Waals surface area contributed by atoms with Gasteiger partial charge in [0.05, 0.1) is 12.0 Å². The van der Waals surface area contributed by atoms with Crippen molar-refractivity contribution in [2.45, 2.75) is 76.5 Å². The van der Waals surface area contributed by atoms with Crippen molar-refractivity contribution in [3.63, 3.8) is 0 Å². The van der Waals surface area contributed by atoms with Gasteiger partial charge in [-0.1, -0.05) is 76.1 Å². The summed E-state index contributed by atoms with van der Waals surface area (Å²) in [6.07, 6.45) is 12.0. The molecule has 0 aliphatic rings. The Morgan fingerprint density at radius 1 is 0.875 bits per heavy atom. The summed E-state index contributed by atoms with van der Waals surface area (Å²) in [6, 6.07) is 8.58. The third kappa shape index (κ3) is 4.69. The number of unbranched alkanes of at least 4 members (excludes halogenated alkanes) is 7. The summed E-state index contributed by atoms with van der Waals surface area (Å²) < 4.78 is 5.63. The van der Waals surface area contributed by atoms with E-state index in [9.17, 15) is 0 Å². The molecular formula is C22H32OS. The van der Waals surface area contributed by atoms with Crippen molar-refractivity contribution in [3.05, 3.63) is 35.4 Å². The second kappa shape index (κ2) is 9.98. The van der Waals surface area contributed by atoms with Crippen molar-refractivity contribution in [2.75, 3.05) is 7.11 Å². The van der Waals surface area contributed by atoms with Gasteiger partial charge in [-0.05, 0) is 41.7 Å². The lowest BCUT2D eigenvalue weighted by Gasteiger charge is -2.17. The molecule has 0 aliphatic heterocycles. The van der Waals surface area contributed by atoms with Crippen molar-refractivity contribution in [2.24, 2.45) is 0 Å². The second-order valence-electron chi connectivity index (χ2n) is 6.76. The minimum absolute atomic E-state index is 0.937. The molecule has 1 nitrogen and oxygen atoms in total. The van der Waals surface area contributed by atoms with E-state index in [4.69, 9.17) is 17.4 Å². The molecule has 0 heterocycles. The van der Waals surface area contributed by atoms with Crippen molar-refractivity contribution < 1.29 is 4.74 Å². The van der Waals surface area contributed by atoms with Gasteiger partial charge in [0, 0.05) is 0 Å². The largest absolute Gasteiger partial charge is 0.495 e. The number of hydrogen-bond acceptors (Lipinski definition) is 2. The Bertz CT molecular complexity index is 648. The van der Waals surface area contributed by atoms with E-state index in [-0.39, 0.29) is 0 Å². The van der Waals surface area contributed by atoms with E-state index in [1.165, 1.54) is 73.3 Å². The van der Waals surface area contributed by atoms with E-state index in [1.807, 2.05) is 0 Å². The van der Waals surface area contributed by atoms with Crippen LogP contribution in [0.25, 0.3) is 10.8 Å². The Balaban J connectivity index is 2.01. The maximum Gasteiger partial charge on any atom is 0.135 e. The summed E-state index contributed by atoms with van der Waals surface area (Å²) in [5.74, 6) is 0.937. The lowest BCUT2D eigenvalue weighted by Crippen LogP contribution is -1.98. The summed E-state index contributed by atoms with van der Waals surface area (Å²) in [5.41, 5.74) is 2.69. The van der Waals surface area contributed by atoms with Gasteiger partial charge in [-0.3, -0.25) is 0 Å². The molecule has 0 unspecified atom stereocenters. The number of hydrogen-bond donors (Lipinski definition) is 1. The first-order valence-electron chi connectivity index (χ1n) is 9.47. The highest BCUT2D eigenvalue weighted by Crippen LogP contribution is 2.38. The van der Waals surface area contributed by atoms with Gasteiger partial charge in [-0.2, -0.15) is 0 Å².